The van der Waals surface area contributed by atoms with E-state index < -0.39 is 0 Å². The van der Waals surface area contributed by atoms with Gasteiger partial charge in [-0.1, -0.05) is 0 Å². The van der Waals surface area contributed by atoms with E-state index in [1.165, 1.54) is 6.92 Å². The van der Waals surface area contributed by atoms with Crippen molar-refractivity contribution in [3.63, 3.8) is 0 Å². The zero-order valence-corrected chi connectivity index (χ0v) is 10.9. The van der Waals surface area contributed by atoms with Gasteiger partial charge in [0.1, 0.15) is 0 Å². The molecule has 2 amide bonds. The summed E-state index contributed by atoms with van der Waals surface area (Å²) in [4.78, 5) is 22.5. The van der Waals surface area contributed by atoms with Crippen molar-refractivity contribution in [3.8, 4) is 0 Å². The average Bonchev–Trinajstić information content (AvgIpc) is 2.20. The van der Waals surface area contributed by atoms with E-state index in [0.29, 0.717) is 5.69 Å². The fraction of sp³-hybridized carbons (Fsp3) is 0.385. The molecule has 5 nitrogen and oxygen atoms in total. The van der Waals surface area contributed by atoms with Crippen LogP contribution in [0.25, 0.3) is 0 Å². The van der Waals surface area contributed by atoms with Crippen LogP contribution < -0.4 is 16.4 Å². The van der Waals surface area contributed by atoms with E-state index in [-0.39, 0.29) is 24.3 Å². The molecule has 4 N–H and O–H groups in total. The highest BCUT2D eigenvalue weighted by molar-refractivity contribution is 5.93. The van der Waals surface area contributed by atoms with Crippen molar-refractivity contribution in [2.75, 3.05) is 10.6 Å². The molecule has 1 unspecified atom stereocenters. The van der Waals surface area contributed by atoms with Gasteiger partial charge in [0, 0.05) is 30.8 Å². The molecular formula is C13H19N3O2. The van der Waals surface area contributed by atoms with E-state index in [4.69, 9.17) is 5.73 Å². The average molecular weight is 249 g/mol. The van der Waals surface area contributed by atoms with Crippen molar-refractivity contribution in [2.45, 2.75) is 33.2 Å². The van der Waals surface area contributed by atoms with Crippen molar-refractivity contribution in [1.29, 1.82) is 0 Å². The Morgan fingerprint density at radius 3 is 2.50 bits per heavy atom. The van der Waals surface area contributed by atoms with Gasteiger partial charge in [0.15, 0.2) is 0 Å². The fourth-order valence-corrected chi connectivity index (χ4v) is 1.58. The summed E-state index contributed by atoms with van der Waals surface area (Å²) in [6.45, 7) is 5.11. The van der Waals surface area contributed by atoms with Crippen molar-refractivity contribution in [2.24, 2.45) is 5.73 Å². The zero-order valence-electron chi connectivity index (χ0n) is 10.9. The van der Waals surface area contributed by atoms with E-state index in [1.807, 2.05) is 13.0 Å². The first-order valence-corrected chi connectivity index (χ1v) is 5.82. The second-order valence-electron chi connectivity index (χ2n) is 4.44. The van der Waals surface area contributed by atoms with E-state index in [1.54, 1.807) is 19.1 Å². The third kappa shape index (κ3) is 4.55. The van der Waals surface area contributed by atoms with Crippen LogP contribution in [0, 0.1) is 6.92 Å². The summed E-state index contributed by atoms with van der Waals surface area (Å²) < 4.78 is 0. The Kier molecular flexibility index (Phi) is 4.85. The maximum atomic E-state index is 11.5. The third-order valence-electron chi connectivity index (χ3n) is 2.33. The Morgan fingerprint density at radius 1 is 1.33 bits per heavy atom. The predicted octanol–water partition coefficient (Wildman–Crippen LogP) is 1.63. The van der Waals surface area contributed by atoms with Crippen LogP contribution in [0.2, 0.25) is 0 Å². The molecule has 1 atom stereocenters. The van der Waals surface area contributed by atoms with Crippen molar-refractivity contribution in [1.82, 2.24) is 0 Å². The van der Waals surface area contributed by atoms with Gasteiger partial charge in [-0.2, -0.15) is 0 Å². The number of hydrogen-bond donors (Lipinski definition) is 3. The number of rotatable bonds is 4. The van der Waals surface area contributed by atoms with Gasteiger partial charge in [-0.15, -0.1) is 0 Å². The Bertz CT molecular complexity index is 456. The lowest BCUT2D eigenvalue weighted by Crippen LogP contribution is -2.24. The number of benzene rings is 1. The van der Waals surface area contributed by atoms with E-state index in [2.05, 4.69) is 10.6 Å². The molecule has 0 radical (unpaired) electrons. The maximum absolute atomic E-state index is 11.5. The lowest BCUT2D eigenvalue weighted by molar-refractivity contribution is -0.116. The fourth-order valence-electron chi connectivity index (χ4n) is 1.58. The molecule has 18 heavy (non-hydrogen) atoms. The molecule has 0 spiro atoms. The van der Waals surface area contributed by atoms with Crippen LogP contribution in [0.5, 0.6) is 0 Å². The normalized spacial score (nSPS) is 11.8. The predicted molar refractivity (Wildman–Crippen MR) is 72.4 cm³/mol. The smallest absolute Gasteiger partial charge is 0.225 e. The number of carbonyl (C=O) groups excluding carboxylic acids is 2. The molecule has 0 fully saturated rings. The molecule has 0 aliphatic carbocycles. The van der Waals surface area contributed by atoms with Crippen LogP contribution in [0.4, 0.5) is 11.4 Å². The number of nitrogens with one attached hydrogen (secondary N) is 2. The number of nitrogens with two attached hydrogens (primary N) is 1. The van der Waals surface area contributed by atoms with Crippen LogP contribution in [0.15, 0.2) is 18.2 Å². The first-order valence-electron chi connectivity index (χ1n) is 5.82. The molecule has 5 heteroatoms. The minimum atomic E-state index is -0.162. The number of amides is 2. The number of hydrogen-bond acceptors (Lipinski definition) is 3. The van der Waals surface area contributed by atoms with Gasteiger partial charge in [0.2, 0.25) is 11.8 Å². The van der Waals surface area contributed by atoms with E-state index in [9.17, 15) is 9.59 Å². The first-order chi connectivity index (χ1) is 8.38. The summed E-state index contributed by atoms with van der Waals surface area (Å²) in [7, 11) is 0. The summed E-state index contributed by atoms with van der Waals surface area (Å²) in [5, 5.41) is 5.48. The lowest BCUT2D eigenvalue weighted by Gasteiger charge is -2.11. The standard InChI is InChI=1S/C13H19N3O2/c1-8-6-11(16-13(18)7-9(2)14)4-5-12(8)15-10(3)17/h4-6,9H,7,14H2,1-3H3,(H,15,17)(H,16,18). The van der Waals surface area contributed by atoms with Crippen LogP contribution in [-0.2, 0) is 9.59 Å². The molecule has 0 aliphatic heterocycles. The molecule has 0 heterocycles. The number of carbonyl (C=O) groups is 2. The summed E-state index contributed by atoms with van der Waals surface area (Å²) in [5.74, 6) is -0.233. The highest BCUT2D eigenvalue weighted by Crippen LogP contribution is 2.19. The second-order valence-corrected chi connectivity index (χ2v) is 4.44. The molecule has 0 aliphatic rings. The Labute approximate surface area is 107 Å². The molecule has 1 aromatic carbocycles. The van der Waals surface area contributed by atoms with Gasteiger partial charge < -0.3 is 16.4 Å². The molecule has 1 rings (SSSR count). The Balaban J connectivity index is 2.72. The van der Waals surface area contributed by atoms with Gasteiger partial charge in [-0.3, -0.25) is 9.59 Å². The van der Waals surface area contributed by atoms with Crippen LogP contribution in [0.1, 0.15) is 25.8 Å². The third-order valence-corrected chi connectivity index (χ3v) is 2.33. The lowest BCUT2D eigenvalue weighted by atomic mass is 10.1. The highest BCUT2D eigenvalue weighted by atomic mass is 16.2. The van der Waals surface area contributed by atoms with Crippen molar-refractivity contribution < 1.29 is 9.59 Å². The maximum Gasteiger partial charge on any atom is 0.225 e. The largest absolute Gasteiger partial charge is 0.327 e. The number of aryl methyl sites for hydroxylation is 1. The van der Waals surface area contributed by atoms with E-state index in [0.717, 1.165) is 11.3 Å². The van der Waals surface area contributed by atoms with Crippen LogP contribution in [0.3, 0.4) is 0 Å². The molecule has 0 saturated carbocycles. The summed E-state index contributed by atoms with van der Waals surface area (Å²) in [6.07, 6.45) is 0.284. The van der Waals surface area contributed by atoms with Crippen LogP contribution >= 0.6 is 0 Å². The van der Waals surface area contributed by atoms with Gasteiger partial charge >= 0.3 is 0 Å². The monoisotopic (exact) mass is 249 g/mol. The van der Waals surface area contributed by atoms with Crippen LogP contribution in [-0.4, -0.2) is 17.9 Å². The molecule has 1 aromatic rings. The SMILES string of the molecule is CC(=O)Nc1ccc(NC(=O)CC(C)N)cc1C. The Hall–Kier alpha value is -1.88. The Morgan fingerprint density at radius 2 is 2.00 bits per heavy atom. The number of anilines is 2. The topological polar surface area (TPSA) is 84.2 Å². The van der Waals surface area contributed by atoms with E-state index >= 15 is 0 Å². The van der Waals surface area contributed by atoms with Gasteiger partial charge in [-0.25, -0.2) is 0 Å². The zero-order chi connectivity index (χ0) is 13.7. The minimum Gasteiger partial charge on any atom is -0.327 e. The quantitative estimate of drug-likeness (QED) is 0.758. The van der Waals surface area contributed by atoms with Crippen molar-refractivity contribution >= 4 is 23.2 Å². The first kappa shape index (κ1) is 14.2. The second kappa shape index (κ2) is 6.16. The van der Waals surface area contributed by atoms with Gasteiger partial charge in [-0.05, 0) is 37.6 Å². The highest BCUT2D eigenvalue weighted by Gasteiger charge is 2.07. The molecule has 0 saturated heterocycles. The minimum absolute atomic E-state index is 0.114. The van der Waals surface area contributed by atoms with Gasteiger partial charge in [0.05, 0.1) is 0 Å². The molecule has 0 aromatic heterocycles. The summed E-state index contributed by atoms with van der Waals surface area (Å²) in [5.41, 5.74) is 7.88. The molecule has 0 bridgehead atoms. The molecular weight excluding hydrogens is 230 g/mol. The van der Waals surface area contributed by atoms with Gasteiger partial charge in [0.25, 0.3) is 0 Å². The molecule has 98 valence electrons. The summed E-state index contributed by atoms with van der Waals surface area (Å²) >= 11 is 0. The van der Waals surface area contributed by atoms with Crippen molar-refractivity contribution in [3.05, 3.63) is 23.8 Å². The summed E-state index contributed by atoms with van der Waals surface area (Å²) in [6, 6.07) is 5.16.